The van der Waals surface area contributed by atoms with Crippen molar-refractivity contribution in [2.45, 2.75) is 38.1 Å². The van der Waals surface area contributed by atoms with Gasteiger partial charge < -0.3 is 10.6 Å². The Hall–Kier alpha value is -3.18. The molecule has 2 aliphatic rings. The Morgan fingerprint density at radius 2 is 2.06 bits per heavy atom. The fourth-order valence-corrected chi connectivity index (χ4v) is 5.18. The maximum atomic E-state index is 12.9. The van der Waals surface area contributed by atoms with E-state index in [0.717, 1.165) is 29.0 Å². The number of aliphatic imine (C=N–C) groups is 1. The van der Waals surface area contributed by atoms with Crippen LogP contribution in [-0.4, -0.2) is 47.2 Å². The van der Waals surface area contributed by atoms with Crippen LogP contribution in [0.5, 0.6) is 0 Å². The summed E-state index contributed by atoms with van der Waals surface area (Å²) in [6, 6.07) is 11.6. The number of nitrogens with zero attached hydrogens (tertiary/aromatic N) is 4. The third-order valence-electron chi connectivity index (χ3n) is 5.87. The lowest BCUT2D eigenvalue weighted by Gasteiger charge is -2.34. The summed E-state index contributed by atoms with van der Waals surface area (Å²) in [5.74, 6) is 0.366. The molecule has 1 atom stereocenters. The molecular formula is C23H25N5O2S. The zero-order valence-electron chi connectivity index (χ0n) is 17.5. The number of rotatable bonds is 6. The fourth-order valence-electron chi connectivity index (χ4n) is 4.15. The minimum Gasteiger partial charge on any atom is -0.369 e. The van der Waals surface area contributed by atoms with E-state index in [4.69, 9.17) is 16.0 Å². The molecule has 1 saturated heterocycles. The summed E-state index contributed by atoms with van der Waals surface area (Å²) in [4.78, 5) is 33.7. The van der Waals surface area contributed by atoms with Gasteiger partial charge in [-0.1, -0.05) is 12.1 Å². The van der Waals surface area contributed by atoms with Crippen molar-refractivity contribution in [3.8, 4) is 17.2 Å². The summed E-state index contributed by atoms with van der Waals surface area (Å²) in [7, 11) is 0. The first-order valence-electron chi connectivity index (χ1n) is 10.4. The summed E-state index contributed by atoms with van der Waals surface area (Å²) < 4.78 is 0. The molecule has 1 fully saturated rings. The number of nitriles is 1. The summed E-state index contributed by atoms with van der Waals surface area (Å²) in [6.07, 6.45) is 2.46. The van der Waals surface area contributed by atoms with E-state index in [1.54, 1.807) is 17.4 Å². The van der Waals surface area contributed by atoms with E-state index in [2.05, 4.69) is 6.07 Å². The van der Waals surface area contributed by atoms with E-state index in [0.29, 0.717) is 31.5 Å². The van der Waals surface area contributed by atoms with E-state index in [1.165, 1.54) is 4.90 Å². The number of likely N-dealkylation sites (tertiary alicyclic amines) is 1. The third kappa shape index (κ3) is 4.32. The lowest BCUT2D eigenvalue weighted by molar-refractivity contribution is -0.129. The van der Waals surface area contributed by atoms with Crippen molar-refractivity contribution in [1.29, 1.82) is 5.26 Å². The highest BCUT2D eigenvalue weighted by Gasteiger charge is 2.38. The van der Waals surface area contributed by atoms with Gasteiger partial charge in [0.05, 0.1) is 18.1 Å². The molecule has 2 N–H and O–H groups in total. The molecular weight excluding hydrogens is 410 g/mol. The van der Waals surface area contributed by atoms with Crippen LogP contribution in [-0.2, 0) is 15.1 Å². The van der Waals surface area contributed by atoms with Crippen molar-refractivity contribution < 1.29 is 9.59 Å². The van der Waals surface area contributed by atoms with Crippen molar-refractivity contribution in [1.82, 2.24) is 9.80 Å². The molecule has 2 amide bonds. The van der Waals surface area contributed by atoms with Crippen molar-refractivity contribution in [2.24, 2.45) is 10.7 Å². The molecule has 0 aliphatic carbocycles. The molecule has 0 radical (unpaired) electrons. The molecule has 1 aromatic carbocycles. The van der Waals surface area contributed by atoms with Crippen LogP contribution in [0.4, 0.5) is 0 Å². The van der Waals surface area contributed by atoms with Gasteiger partial charge in [0, 0.05) is 30.9 Å². The standard InChI is InChI=1S/C23H25N5O2S/c1-23(19-12-18(15-31-19)17-6-2-5-16(11-17)14-24)13-21(30)28(22(25)26-23)10-4-9-27-8-3-7-20(27)29/h2,5-6,11-12,15H,3-4,7-10,13H2,1H3,(H2,25,26). The predicted octanol–water partition coefficient (Wildman–Crippen LogP) is 3.06. The van der Waals surface area contributed by atoms with Gasteiger partial charge in [0.25, 0.3) is 0 Å². The van der Waals surface area contributed by atoms with Crippen molar-refractivity contribution in [3.63, 3.8) is 0 Å². The lowest BCUT2D eigenvalue weighted by atomic mass is 9.93. The average Bonchev–Trinajstić information content (AvgIpc) is 3.40. The normalized spacial score (nSPS) is 21.4. The number of guanidine groups is 1. The van der Waals surface area contributed by atoms with Crippen molar-refractivity contribution >= 4 is 29.1 Å². The summed E-state index contributed by atoms with van der Waals surface area (Å²) >= 11 is 1.54. The number of thiophene rings is 1. The smallest absolute Gasteiger partial charge is 0.232 e. The lowest BCUT2D eigenvalue weighted by Crippen LogP contribution is -2.50. The molecule has 0 saturated carbocycles. The molecule has 160 valence electrons. The quantitative estimate of drug-likeness (QED) is 0.753. The highest BCUT2D eigenvalue weighted by atomic mass is 32.1. The molecule has 4 rings (SSSR count). The van der Waals surface area contributed by atoms with E-state index < -0.39 is 5.54 Å². The van der Waals surface area contributed by atoms with Crippen molar-refractivity contribution in [3.05, 3.63) is 46.2 Å². The van der Waals surface area contributed by atoms with Gasteiger partial charge in [0.2, 0.25) is 11.8 Å². The molecule has 3 heterocycles. The molecule has 1 unspecified atom stereocenters. The van der Waals surface area contributed by atoms with Crippen LogP contribution in [0.1, 0.15) is 43.0 Å². The molecule has 31 heavy (non-hydrogen) atoms. The van der Waals surface area contributed by atoms with Gasteiger partial charge in [-0.2, -0.15) is 5.26 Å². The molecule has 8 heteroatoms. The Balaban J connectivity index is 1.47. The van der Waals surface area contributed by atoms with Crippen LogP contribution in [0.15, 0.2) is 40.7 Å². The van der Waals surface area contributed by atoms with Gasteiger partial charge in [-0.05, 0) is 54.5 Å². The third-order valence-corrected chi connectivity index (χ3v) is 7.05. The Bertz CT molecular complexity index is 1090. The molecule has 2 aromatic rings. The van der Waals surface area contributed by atoms with E-state index in [1.807, 2.05) is 41.5 Å². The second-order valence-corrected chi connectivity index (χ2v) is 9.11. The average molecular weight is 436 g/mol. The summed E-state index contributed by atoms with van der Waals surface area (Å²) in [5, 5.41) is 11.2. The van der Waals surface area contributed by atoms with Gasteiger partial charge in [-0.3, -0.25) is 14.5 Å². The minimum atomic E-state index is -0.710. The summed E-state index contributed by atoms with van der Waals surface area (Å²) in [6.45, 7) is 3.83. The molecule has 0 bridgehead atoms. The topological polar surface area (TPSA) is 103 Å². The Kier molecular flexibility index (Phi) is 5.79. The number of hydrogen-bond donors (Lipinski definition) is 1. The first kappa shape index (κ1) is 21.1. The van der Waals surface area contributed by atoms with Gasteiger partial charge >= 0.3 is 0 Å². The van der Waals surface area contributed by atoms with Crippen LogP contribution in [0.2, 0.25) is 0 Å². The minimum absolute atomic E-state index is 0.0517. The number of carbonyl (C=O) groups is 2. The number of benzene rings is 1. The van der Waals surface area contributed by atoms with Gasteiger partial charge in [0.1, 0.15) is 5.54 Å². The molecule has 0 spiro atoms. The van der Waals surface area contributed by atoms with Crippen LogP contribution < -0.4 is 5.73 Å². The second-order valence-electron chi connectivity index (χ2n) is 8.20. The Morgan fingerprint density at radius 1 is 1.23 bits per heavy atom. The Morgan fingerprint density at radius 3 is 2.77 bits per heavy atom. The maximum absolute atomic E-state index is 12.9. The Labute approximate surface area is 185 Å². The first-order chi connectivity index (χ1) is 14.9. The number of amides is 2. The maximum Gasteiger partial charge on any atom is 0.232 e. The molecule has 7 nitrogen and oxygen atoms in total. The van der Waals surface area contributed by atoms with Crippen LogP contribution in [0, 0.1) is 11.3 Å². The largest absolute Gasteiger partial charge is 0.369 e. The van der Waals surface area contributed by atoms with Crippen LogP contribution in [0.25, 0.3) is 11.1 Å². The number of carbonyl (C=O) groups excluding carboxylic acids is 2. The summed E-state index contributed by atoms with van der Waals surface area (Å²) in [5.41, 5.74) is 8.06. The van der Waals surface area contributed by atoms with E-state index >= 15 is 0 Å². The van der Waals surface area contributed by atoms with Gasteiger partial charge in [-0.25, -0.2) is 4.99 Å². The first-order valence-corrected chi connectivity index (χ1v) is 11.3. The number of nitrogens with two attached hydrogens (primary N) is 1. The van der Waals surface area contributed by atoms with Gasteiger partial charge in [0.15, 0.2) is 5.96 Å². The number of hydrogen-bond acceptors (Lipinski definition) is 6. The van der Waals surface area contributed by atoms with Gasteiger partial charge in [-0.15, -0.1) is 11.3 Å². The molecule has 2 aliphatic heterocycles. The predicted molar refractivity (Wildman–Crippen MR) is 120 cm³/mol. The van der Waals surface area contributed by atoms with E-state index in [-0.39, 0.29) is 24.2 Å². The SMILES string of the molecule is CC1(c2cc(-c3cccc(C#N)c3)cs2)CC(=O)N(CCCN2CCCC2=O)C(N)=N1. The fraction of sp³-hybridized carbons (Fsp3) is 0.391. The van der Waals surface area contributed by atoms with Crippen molar-refractivity contribution in [2.75, 3.05) is 19.6 Å². The zero-order chi connectivity index (χ0) is 22.0. The van der Waals surface area contributed by atoms with Crippen LogP contribution >= 0.6 is 11.3 Å². The zero-order valence-corrected chi connectivity index (χ0v) is 18.3. The monoisotopic (exact) mass is 435 g/mol. The van der Waals surface area contributed by atoms with E-state index in [9.17, 15) is 9.59 Å². The highest BCUT2D eigenvalue weighted by molar-refractivity contribution is 7.10. The highest BCUT2D eigenvalue weighted by Crippen LogP contribution is 2.39. The second kappa shape index (κ2) is 8.52. The molecule has 1 aromatic heterocycles. The van der Waals surface area contributed by atoms with Crippen LogP contribution in [0.3, 0.4) is 0 Å².